The quantitative estimate of drug-likeness (QED) is 0.379. The smallest absolute Gasteiger partial charge is 0.493 e. The summed E-state index contributed by atoms with van der Waals surface area (Å²) in [6.07, 6.45) is 3.07. The Labute approximate surface area is 142 Å². The maximum absolute atomic E-state index is 8.56. The topological polar surface area (TPSA) is 76.0 Å². The van der Waals surface area contributed by atoms with E-state index >= 15 is 0 Å². The SMILES string of the molecule is COc1cc2c(cc1OC)-c1nc(/N=C\NO)sc1CC2.[Mn+2]. The van der Waals surface area contributed by atoms with Gasteiger partial charge in [0.15, 0.2) is 11.5 Å². The molecule has 0 saturated heterocycles. The van der Waals surface area contributed by atoms with Crippen LogP contribution in [0.1, 0.15) is 10.4 Å². The molecule has 1 radical (unpaired) electrons. The molecular weight excluding hydrogens is 345 g/mol. The van der Waals surface area contributed by atoms with Crippen molar-refractivity contribution in [1.82, 2.24) is 10.5 Å². The summed E-state index contributed by atoms with van der Waals surface area (Å²) in [5.74, 6) is 1.43. The molecule has 22 heavy (non-hydrogen) atoms. The second-order valence-corrected chi connectivity index (χ2v) is 5.58. The van der Waals surface area contributed by atoms with Crippen LogP contribution >= 0.6 is 11.3 Å². The van der Waals surface area contributed by atoms with Crippen LogP contribution in [0.4, 0.5) is 5.13 Å². The number of fused-ring (bicyclic) bond motifs is 3. The number of ether oxygens (including phenoxy) is 2. The van der Waals surface area contributed by atoms with Gasteiger partial charge < -0.3 is 9.47 Å². The van der Waals surface area contributed by atoms with Gasteiger partial charge in [-0.15, -0.1) is 0 Å². The van der Waals surface area contributed by atoms with Gasteiger partial charge in [-0.3, -0.25) is 10.7 Å². The second-order valence-electron chi connectivity index (χ2n) is 4.52. The molecule has 2 N–H and O–H groups in total. The van der Waals surface area contributed by atoms with E-state index in [1.807, 2.05) is 17.6 Å². The maximum atomic E-state index is 8.56. The molecule has 1 aromatic heterocycles. The zero-order valence-electron chi connectivity index (χ0n) is 12.1. The Morgan fingerprint density at radius 1 is 1.27 bits per heavy atom. The summed E-state index contributed by atoms with van der Waals surface area (Å²) in [6.45, 7) is 0. The van der Waals surface area contributed by atoms with Gasteiger partial charge in [-0.05, 0) is 30.5 Å². The molecule has 8 heteroatoms. The standard InChI is InChI=1S/C14H15N3O3S.Mn/c1-19-10-5-8-3-4-12-13(9(8)6-11(10)20-2)17-14(21-12)15-7-16-18;/h5-7,18H,3-4H2,1-2H3,(H,15,16,17);/q;+2. The van der Waals surface area contributed by atoms with E-state index in [1.165, 1.54) is 28.1 Å². The summed E-state index contributed by atoms with van der Waals surface area (Å²) in [7, 11) is 3.26. The third kappa shape index (κ3) is 2.96. The Morgan fingerprint density at radius 2 is 2.00 bits per heavy atom. The first-order chi connectivity index (χ1) is 10.3. The Balaban J connectivity index is 0.00000176. The van der Waals surface area contributed by atoms with Gasteiger partial charge in [-0.1, -0.05) is 11.3 Å². The summed E-state index contributed by atoms with van der Waals surface area (Å²) in [5.41, 5.74) is 5.08. The van der Waals surface area contributed by atoms with Crippen LogP contribution in [0.5, 0.6) is 11.5 Å². The Hall–Kier alpha value is -1.60. The molecule has 3 rings (SSSR count). The summed E-state index contributed by atoms with van der Waals surface area (Å²) in [5, 5.41) is 9.18. The van der Waals surface area contributed by atoms with Crippen molar-refractivity contribution in [1.29, 1.82) is 0 Å². The number of aromatic nitrogens is 1. The van der Waals surface area contributed by atoms with Gasteiger partial charge in [-0.2, -0.15) is 0 Å². The molecule has 0 unspecified atom stereocenters. The molecule has 1 aromatic carbocycles. The minimum Gasteiger partial charge on any atom is -0.493 e. The number of aliphatic imine (C=N–C) groups is 1. The zero-order valence-corrected chi connectivity index (χ0v) is 14.1. The van der Waals surface area contributed by atoms with Crippen molar-refractivity contribution in [2.45, 2.75) is 12.8 Å². The number of nitrogens with one attached hydrogen (secondary N) is 1. The van der Waals surface area contributed by atoms with E-state index in [2.05, 4.69) is 9.98 Å². The average molecular weight is 360 g/mol. The maximum Gasteiger partial charge on any atom is 2.00 e. The fraction of sp³-hybridized carbons (Fsp3) is 0.286. The number of rotatable bonds is 4. The molecule has 0 spiro atoms. The molecule has 1 aliphatic carbocycles. The second kappa shape index (κ2) is 7.11. The molecule has 2 aromatic rings. The molecule has 115 valence electrons. The number of benzene rings is 1. The molecular formula is C14H15MnN3O3S+2. The van der Waals surface area contributed by atoms with Gasteiger partial charge in [0.05, 0.1) is 19.9 Å². The van der Waals surface area contributed by atoms with Gasteiger partial charge in [-0.25, -0.2) is 9.98 Å². The zero-order chi connectivity index (χ0) is 14.8. The normalized spacial score (nSPS) is 12.3. The average Bonchev–Trinajstić information content (AvgIpc) is 2.94. The van der Waals surface area contributed by atoms with Crippen molar-refractivity contribution >= 4 is 22.8 Å². The number of thiazole rings is 1. The summed E-state index contributed by atoms with van der Waals surface area (Å²) in [6, 6.07) is 3.97. The van der Waals surface area contributed by atoms with Crippen molar-refractivity contribution in [3.8, 4) is 22.8 Å². The van der Waals surface area contributed by atoms with E-state index in [9.17, 15) is 0 Å². The predicted molar refractivity (Wildman–Crippen MR) is 81.1 cm³/mol. The molecule has 0 saturated carbocycles. The van der Waals surface area contributed by atoms with E-state index in [0.717, 1.165) is 29.8 Å². The fourth-order valence-electron chi connectivity index (χ4n) is 2.46. The Bertz CT molecular complexity index is 703. The van der Waals surface area contributed by atoms with E-state index in [1.54, 1.807) is 14.2 Å². The fourth-order valence-corrected chi connectivity index (χ4v) is 3.37. The largest absolute Gasteiger partial charge is 2.00 e. The molecule has 6 nitrogen and oxygen atoms in total. The first-order valence-corrected chi connectivity index (χ1v) is 7.25. The number of methoxy groups -OCH3 is 2. The van der Waals surface area contributed by atoms with Crippen LogP contribution in [0.2, 0.25) is 0 Å². The predicted octanol–water partition coefficient (Wildman–Crippen LogP) is 2.56. The first kappa shape index (κ1) is 16.8. The molecule has 0 amide bonds. The molecule has 0 bridgehead atoms. The van der Waals surface area contributed by atoms with Crippen molar-refractivity contribution in [2.75, 3.05) is 14.2 Å². The van der Waals surface area contributed by atoms with Crippen molar-refractivity contribution < 1.29 is 31.7 Å². The van der Waals surface area contributed by atoms with Crippen LogP contribution in [0.3, 0.4) is 0 Å². The van der Waals surface area contributed by atoms with Crippen LogP contribution in [-0.2, 0) is 29.9 Å². The van der Waals surface area contributed by atoms with Gasteiger partial charge in [0.1, 0.15) is 6.34 Å². The Kier molecular flexibility index (Phi) is 5.42. The minimum atomic E-state index is 0. The molecule has 1 aliphatic rings. The van der Waals surface area contributed by atoms with Crippen LogP contribution in [0, 0.1) is 0 Å². The van der Waals surface area contributed by atoms with E-state index in [0.29, 0.717) is 10.9 Å². The van der Waals surface area contributed by atoms with Gasteiger partial charge in [0.25, 0.3) is 0 Å². The number of hydroxylamine groups is 1. The van der Waals surface area contributed by atoms with Crippen molar-refractivity contribution in [3.63, 3.8) is 0 Å². The van der Waals surface area contributed by atoms with E-state index in [-0.39, 0.29) is 17.1 Å². The van der Waals surface area contributed by atoms with Gasteiger partial charge in [0.2, 0.25) is 5.13 Å². The van der Waals surface area contributed by atoms with Crippen molar-refractivity contribution in [2.24, 2.45) is 4.99 Å². The molecule has 0 fully saturated rings. The van der Waals surface area contributed by atoms with Gasteiger partial charge >= 0.3 is 17.1 Å². The van der Waals surface area contributed by atoms with Gasteiger partial charge in [0, 0.05) is 10.4 Å². The van der Waals surface area contributed by atoms with E-state index < -0.39 is 0 Å². The number of nitrogens with zero attached hydrogens (tertiary/aromatic N) is 2. The minimum absolute atomic E-state index is 0. The number of hydrogen-bond acceptors (Lipinski definition) is 6. The third-order valence-electron chi connectivity index (χ3n) is 3.40. The molecule has 0 atom stereocenters. The number of hydrogen-bond donors (Lipinski definition) is 2. The monoisotopic (exact) mass is 360 g/mol. The summed E-state index contributed by atoms with van der Waals surface area (Å²) < 4.78 is 10.7. The van der Waals surface area contributed by atoms with Crippen molar-refractivity contribution in [3.05, 3.63) is 22.6 Å². The van der Waals surface area contributed by atoms with Crippen LogP contribution < -0.4 is 15.0 Å². The van der Waals surface area contributed by atoms with Crippen LogP contribution in [0.25, 0.3) is 11.3 Å². The molecule has 0 aliphatic heterocycles. The Morgan fingerprint density at radius 3 is 2.68 bits per heavy atom. The van der Waals surface area contributed by atoms with Crippen LogP contribution in [0.15, 0.2) is 17.1 Å². The van der Waals surface area contributed by atoms with Crippen LogP contribution in [-0.4, -0.2) is 30.7 Å². The summed E-state index contributed by atoms with van der Waals surface area (Å²) in [4.78, 5) is 9.77. The van der Waals surface area contributed by atoms with E-state index in [4.69, 9.17) is 14.7 Å². The third-order valence-corrected chi connectivity index (χ3v) is 4.43. The molecule has 1 heterocycles. The summed E-state index contributed by atoms with van der Waals surface area (Å²) >= 11 is 1.53. The first-order valence-electron chi connectivity index (χ1n) is 6.44. The number of aryl methyl sites for hydroxylation is 2.